The molecule has 1 saturated carbocycles. The lowest BCUT2D eigenvalue weighted by Gasteiger charge is -2.40. The molecule has 0 radical (unpaired) electrons. The van der Waals surface area contributed by atoms with Gasteiger partial charge in [-0.05, 0) is 38.2 Å². The van der Waals surface area contributed by atoms with E-state index in [1.54, 1.807) is 0 Å². The van der Waals surface area contributed by atoms with Crippen LogP contribution in [0.4, 0.5) is 0 Å². The number of hydrogen-bond acceptors (Lipinski definition) is 3. The fraction of sp³-hybridized carbons (Fsp3) is 0.682. The average molecular weight is 442 g/mol. The topological polar surface area (TPSA) is 46.5 Å². The van der Waals surface area contributed by atoms with Gasteiger partial charge in [-0.2, -0.15) is 0 Å². The van der Waals surface area contributed by atoms with E-state index in [0.717, 1.165) is 42.5 Å². The Bertz CT molecular complexity index is 576. The van der Waals surface area contributed by atoms with Crippen molar-refractivity contribution in [3.8, 4) is 0 Å². The predicted molar refractivity (Wildman–Crippen MR) is 105 cm³/mol. The van der Waals surface area contributed by atoms with Crippen LogP contribution in [0.3, 0.4) is 0 Å². The first kappa shape index (κ1) is 24.1. The van der Waals surface area contributed by atoms with Crippen molar-refractivity contribution in [3.63, 3.8) is 0 Å². The van der Waals surface area contributed by atoms with Gasteiger partial charge in [0, 0.05) is 0 Å². The number of hydrogen-bond donors (Lipinski definition) is 1. The largest absolute Gasteiger partial charge is 1.00 e. The van der Waals surface area contributed by atoms with Crippen molar-refractivity contribution in [2.75, 3.05) is 33.3 Å². The van der Waals surface area contributed by atoms with Gasteiger partial charge in [-0.3, -0.25) is 4.79 Å². The van der Waals surface area contributed by atoms with E-state index in [2.05, 4.69) is 27.8 Å². The Kier molecular flexibility index (Phi) is 9.46. The van der Waals surface area contributed by atoms with Crippen LogP contribution in [-0.4, -0.2) is 54.4 Å². The van der Waals surface area contributed by atoms with E-state index < -0.39 is 11.5 Å². The van der Waals surface area contributed by atoms with Crippen LogP contribution in [0.1, 0.15) is 57.9 Å². The van der Waals surface area contributed by atoms with E-state index >= 15 is 0 Å². The molecule has 154 valence electrons. The minimum atomic E-state index is -1.01. The van der Waals surface area contributed by atoms with Gasteiger partial charge < -0.3 is 31.3 Å². The summed E-state index contributed by atoms with van der Waals surface area (Å²) in [6, 6.07) is 9.65. The van der Waals surface area contributed by atoms with Gasteiger partial charge in [0.05, 0.1) is 25.7 Å². The normalized spacial score (nSPS) is 24.0. The number of rotatable bonds is 8. The number of carbonyl (C=O) groups is 1. The van der Waals surface area contributed by atoms with Crippen molar-refractivity contribution >= 4 is 5.97 Å². The number of esters is 1. The molecule has 0 aromatic heterocycles. The zero-order valence-electron chi connectivity index (χ0n) is 17.3. The molecule has 2 rings (SSSR count). The first-order chi connectivity index (χ1) is 12.3. The Balaban J connectivity index is 0.00000364. The van der Waals surface area contributed by atoms with Crippen molar-refractivity contribution < 1.29 is 36.1 Å². The molecule has 0 bridgehead atoms. The number of carbonyl (C=O) groups excluding carboxylic acids is 1. The van der Waals surface area contributed by atoms with Crippen LogP contribution in [-0.2, 0) is 9.53 Å². The Labute approximate surface area is 175 Å². The van der Waals surface area contributed by atoms with E-state index in [1.807, 2.05) is 30.3 Å². The molecule has 0 aliphatic heterocycles. The molecular weight excluding hydrogens is 406 g/mol. The van der Waals surface area contributed by atoms with Crippen molar-refractivity contribution in [2.45, 2.75) is 58.0 Å². The maximum absolute atomic E-state index is 13.0. The quantitative estimate of drug-likeness (QED) is 0.478. The summed E-state index contributed by atoms with van der Waals surface area (Å²) in [6.07, 6.45) is 3.37. The van der Waals surface area contributed by atoms with Gasteiger partial charge in [0.15, 0.2) is 0 Å². The van der Waals surface area contributed by atoms with Crippen LogP contribution in [0.5, 0.6) is 0 Å². The summed E-state index contributed by atoms with van der Waals surface area (Å²) < 4.78 is 6.58. The second-order valence-electron chi connectivity index (χ2n) is 8.29. The van der Waals surface area contributed by atoms with Crippen molar-refractivity contribution in [3.05, 3.63) is 35.9 Å². The standard InChI is InChI=1S/C22H36NO3.BrH/c1-5-23(4,6-2)15-16-26-21(24)20(19-12-8-7-9-13-19)22(25)14-10-11-18(3)17-22;/h7-9,12-13,18,20,25H,5-6,10-11,14-17H2,1-4H3;1H/q+1;/p-1. The third-order valence-corrected chi connectivity index (χ3v) is 6.32. The minimum absolute atomic E-state index is 0. The lowest BCUT2D eigenvalue weighted by Crippen LogP contribution is -3.00. The number of quaternary nitrogens is 1. The summed E-state index contributed by atoms with van der Waals surface area (Å²) in [5, 5.41) is 11.4. The van der Waals surface area contributed by atoms with Gasteiger partial charge in [0.2, 0.25) is 0 Å². The highest BCUT2D eigenvalue weighted by Gasteiger charge is 2.45. The highest BCUT2D eigenvalue weighted by molar-refractivity contribution is 5.80. The van der Waals surface area contributed by atoms with Crippen molar-refractivity contribution in [1.29, 1.82) is 0 Å². The summed E-state index contributed by atoms with van der Waals surface area (Å²) in [6.45, 7) is 9.69. The Hall–Kier alpha value is -0.910. The molecule has 1 fully saturated rings. The van der Waals surface area contributed by atoms with Gasteiger partial charge in [0.1, 0.15) is 19.1 Å². The van der Waals surface area contributed by atoms with Crippen molar-refractivity contribution in [2.24, 2.45) is 5.92 Å². The molecule has 0 amide bonds. The summed E-state index contributed by atoms with van der Waals surface area (Å²) >= 11 is 0. The first-order valence-electron chi connectivity index (χ1n) is 10.1. The molecule has 1 aromatic rings. The summed E-state index contributed by atoms with van der Waals surface area (Å²) in [5.41, 5.74) is -0.151. The lowest BCUT2D eigenvalue weighted by molar-refractivity contribution is -0.906. The van der Waals surface area contributed by atoms with Crippen LogP contribution < -0.4 is 17.0 Å². The smallest absolute Gasteiger partial charge is 0.316 e. The van der Waals surface area contributed by atoms with Gasteiger partial charge in [-0.15, -0.1) is 0 Å². The van der Waals surface area contributed by atoms with Gasteiger partial charge in [0.25, 0.3) is 0 Å². The molecular formula is C22H36BrNO3. The molecule has 0 spiro atoms. The molecule has 1 aliphatic carbocycles. The third kappa shape index (κ3) is 6.30. The lowest BCUT2D eigenvalue weighted by atomic mass is 9.69. The Morgan fingerprint density at radius 2 is 1.93 bits per heavy atom. The van der Waals surface area contributed by atoms with Crippen LogP contribution in [0.2, 0.25) is 0 Å². The minimum Gasteiger partial charge on any atom is -1.00 e. The maximum atomic E-state index is 13.0. The molecule has 1 aromatic carbocycles. The van der Waals surface area contributed by atoms with E-state index in [0.29, 0.717) is 25.4 Å². The predicted octanol–water partition coefficient (Wildman–Crippen LogP) is 0.745. The van der Waals surface area contributed by atoms with Crippen LogP contribution >= 0.6 is 0 Å². The van der Waals surface area contributed by atoms with E-state index in [4.69, 9.17) is 4.74 Å². The fourth-order valence-electron chi connectivity index (χ4n) is 4.13. The molecule has 0 saturated heterocycles. The van der Waals surface area contributed by atoms with Gasteiger partial charge in [-0.1, -0.05) is 50.1 Å². The maximum Gasteiger partial charge on any atom is 0.316 e. The van der Waals surface area contributed by atoms with Crippen LogP contribution in [0, 0.1) is 5.92 Å². The zero-order chi connectivity index (χ0) is 19.2. The Morgan fingerprint density at radius 3 is 2.48 bits per heavy atom. The number of benzene rings is 1. The molecule has 4 nitrogen and oxygen atoms in total. The third-order valence-electron chi connectivity index (χ3n) is 6.32. The first-order valence-corrected chi connectivity index (χ1v) is 10.1. The van der Waals surface area contributed by atoms with E-state index in [9.17, 15) is 9.90 Å². The zero-order valence-corrected chi connectivity index (χ0v) is 18.9. The second kappa shape index (κ2) is 10.6. The monoisotopic (exact) mass is 441 g/mol. The van der Waals surface area contributed by atoms with Crippen LogP contribution in [0.25, 0.3) is 0 Å². The van der Waals surface area contributed by atoms with E-state index in [-0.39, 0.29) is 23.0 Å². The average Bonchev–Trinajstić information content (AvgIpc) is 2.62. The number of ether oxygens (including phenoxy) is 1. The van der Waals surface area contributed by atoms with Crippen molar-refractivity contribution in [1.82, 2.24) is 0 Å². The highest BCUT2D eigenvalue weighted by Crippen LogP contribution is 2.42. The van der Waals surface area contributed by atoms with Gasteiger partial charge in [-0.25, -0.2) is 0 Å². The molecule has 0 heterocycles. The molecule has 1 N–H and O–H groups in total. The summed E-state index contributed by atoms with van der Waals surface area (Å²) in [5.74, 6) is -0.465. The highest BCUT2D eigenvalue weighted by atomic mass is 79.9. The SMILES string of the molecule is CC[N+](C)(CC)CCOC(=O)C(c1ccccc1)C1(O)CCCC(C)C1.[Br-]. The molecule has 3 unspecified atom stereocenters. The summed E-state index contributed by atoms with van der Waals surface area (Å²) in [4.78, 5) is 13.0. The Morgan fingerprint density at radius 1 is 1.30 bits per heavy atom. The van der Waals surface area contributed by atoms with Crippen LogP contribution in [0.15, 0.2) is 30.3 Å². The second-order valence-corrected chi connectivity index (χ2v) is 8.29. The molecule has 5 heteroatoms. The van der Waals surface area contributed by atoms with Gasteiger partial charge >= 0.3 is 5.97 Å². The fourth-order valence-corrected chi connectivity index (χ4v) is 4.13. The number of aliphatic hydroxyl groups is 1. The molecule has 27 heavy (non-hydrogen) atoms. The number of halogens is 1. The van der Waals surface area contributed by atoms with E-state index in [1.165, 1.54) is 0 Å². The molecule has 3 atom stereocenters. The molecule has 1 aliphatic rings. The number of nitrogens with zero attached hydrogens (tertiary/aromatic N) is 1. The summed E-state index contributed by atoms with van der Waals surface area (Å²) in [7, 11) is 2.18. The number of likely N-dealkylation sites (N-methyl/N-ethyl adjacent to an activating group) is 1.